The zero-order chi connectivity index (χ0) is 21.7. The van der Waals surface area contributed by atoms with E-state index in [0.717, 1.165) is 0 Å². The number of benzene rings is 2. The van der Waals surface area contributed by atoms with Crippen molar-refractivity contribution < 1.29 is 27.1 Å². The predicted molar refractivity (Wildman–Crippen MR) is 109 cm³/mol. The van der Waals surface area contributed by atoms with Gasteiger partial charge in [0.25, 0.3) is 0 Å². The number of amides is 2. The standard InChI is InChI=1S/C20H22FN3O5S/c1-29-20(26)23-17-6-8-18(9-7-17)30(27,28)24-12-10-14(11-13-24)19(25)22-16-4-2-15(21)3-5-16/h2-9,14H,10-13H2,1H3,(H,22,25)(H,23,26). The van der Waals surface area contributed by atoms with E-state index in [4.69, 9.17) is 0 Å². The molecule has 2 N–H and O–H groups in total. The van der Waals surface area contributed by atoms with Crippen LogP contribution in [0.3, 0.4) is 0 Å². The molecule has 160 valence electrons. The number of piperidine rings is 1. The van der Waals surface area contributed by atoms with Crippen LogP contribution in [-0.2, 0) is 19.6 Å². The van der Waals surface area contributed by atoms with Gasteiger partial charge in [0.15, 0.2) is 0 Å². The molecule has 30 heavy (non-hydrogen) atoms. The number of anilines is 2. The second kappa shape index (κ2) is 9.23. The van der Waals surface area contributed by atoms with Crippen LogP contribution in [0.5, 0.6) is 0 Å². The van der Waals surface area contributed by atoms with E-state index < -0.39 is 16.1 Å². The molecule has 2 aromatic rings. The Balaban J connectivity index is 1.58. The van der Waals surface area contributed by atoms with Crippen molar-refractivity contribution in [2.75, 3.05) is 30.8 Å². The van der Waals surface area contributed by atoms with Gasteiger partial charge in [0.1, 0.15) is 5.82 Å². The van der Waals surface area contributed by atoms with Gasteiger partial charge in [0, 0.05) is 30.4 Å². The largest absolute Gasteiger partial charge is 0.453 e. The van der Waals surface area contributed by atoms with Crippen molar-refractivity contribution in [1.82, 2.24) is 4.31 Å². The third-order valence-corrected chi connectivity index (χ3v) is 6.77. The third kappa shape index (κ3) is 5.14. The van der Waals surface area contributed by atoms with Gasteiger partial charge in [-0.3, -0.25) is 10.1 Å². The second-order valence-corrected chi connectivity index (χ2v) is 8.75. The highest BCUT2D eigenvalue weighted by molar-refractivity contribution is 7.89. The van der Waals surface area contributed by atoms with Crippen molar-refractivity contribution in [1.29, 1.82) is 0 Å². The average Bonchev–Trinajstić information content (AvgIpc) is 2.75. The number of sulfonamides is 1. The minimum absolute atomic E-state index is 0.104. The number of methoxy groups -OCH3 is 1. The van der Waals surface area contributed by atoms with Crippen LogP contribution in [0.25, 0.3) is 0 Å². The molecule has 0 radical (unpaired) electrons. The number of ether oxygens (including phenoxy) is 1. The van der Waals surface area contributed by atoms with Crippen LogP contribution in [0.4, 0.5) is 20.6 Å². The van der Waals surface area contributed by atoms with E-state index >= 15 is 0 Å². The number of carbonyl (C=O) groups is 2. The smallest absolute Gasteiger partial charge is 0.411 e. The minimum atomic E-state index is -3.71. The summed E-state index contributed by atoms with van der Waals surface area (Å²) in [6.45, 7) is 0.429. The van der Waals surface area contributed by atoms with Gasteiger partial charge in [-0.15, -0.1) is 0 Å². The molecular weight excluding hydrogens is 413 g/mol. The Bertz CT molecular complexity index is 1000. The Morgan fingerprint density at radius 3 is 2.07 bits per heavy atom. The van der Waals surface area contributed by atoms with Crippen LogP contribution in [0, 0.1) is 11.7 Å². The Labute approximate surface area is 174 Å². The zero-order valence-electron chi connectivity index (χ0n) is 16.3. The zero-order valence-corrected chi connectivity index (χ0v) is 17.1. The summed E-state index contributed by atoms with van der Waals surface area (Å²) in [4.78, 5) is 23.7. The first-order chi connectivity index (χ1) is 14.3. The van der Waals surface area contributed by atoms with Gasteiger partial charge in [-0.2, -0.15) is 4.31 Å². The molecule has 8 nitrogen and oxygen atoms in total. The van der Waals surface area contributed by atoms with Crippen LogP contribution < -0.4 is 10.6 Å². The fraction of sp³-hybridized carbons (Fsp3) is 0.300. The van der Waals surface area contributed by atoms with Crippen molar-refractivity contribution in [3.05, 3.63) is 54.3 Å². The van der Waals surface area contributed by atoms with Crippen LogP contribution in [0.15, 0.2) is 53.4 Å². The van der Waals surface area contributed by atoms with Crippen LogP contribution >= 0.6 is 0 Å². The minimum Gasteiger partial charge on any atom is -0.453 e. The van der Waals surface area contributed by atoms with Crippen molar-refractivity contribution in [2.24, 2.45) is 5.92 Å². The number of nitrogens with zero attached hydrogens (tertiary/aromatic N) is 1. The molecule has 0 spiro atoms. The maximum absolute atomic E-state index is 13.0. The second-order valence-electron chi connectivity index (χ2n) is 6.82. The topological polar surface area (TPSA) is 105 Å². The van der Waals surface area contributed by atoms with Gasteiger partial charge in [0.2, 0.25) is 15.9 Å². The van der Waals surface area contributed by atoms with Crippen LogP contribution in [0.1, 0.15) is 12.8 Å². The van der Waals surface area contributed by atoms with Gasteiger partial charge in [-0.25, -0.2) is 17.6 Å². The predicted octanol–water partition coefficient (Wildman–Crippen LogP) is 3.04. The molecule has 1 aliphatic rings. The van der Waals surface area contributed by atoms with E-state index in [1.807, 2.05) is 0 Å². The molecule has 0 aliphatic carbocycles. The van der Waals surface area contributed by atoms with Gasteiger partial charge in [0.05, 0.1) is 12.0 Å². The maximum atomic E-state index is 13.0. The van der Waals surface area contributed by atoms with Crippen molar-refractivity contribution in [3.63, 3.8) is 0 Å². The van der Waals surface area contributed by atoms with Gasteiger partial charge in [-0.1, -0.05) is 0 Å². The Hall–Kier alpha value is -2.98. The molecular formula is C20H22FN3O5S. The Kier molecular flexibility index (Phi) is 6.68. The summed E-state index contributed by atoms with van der Waals surface area (Å²) < 4.78 is 44.5. The SMILES string of the molecule is COC(=O)Nc1ccc(S(=O)(=O)N2CCC(C(=O)Nc3ccc(F)cc3)CC2)cc1. The quantitative estimate of drug-likeness (QED) is 0.751. The number of halogens is 1. The van der Waals surface area contributed by atoms with E-state index in [2.05, 4.69) is 15.4 Å². The lowest BCUT2D eigenvalue weighted by atomic mass is 9.97. The molecule has 3 rings (SSSR count). The molecule has 2 amide bonds. The molecule has 1 fully saturated rings. The Morgan fingerprint density at radius 1 is 0.967 bits per heavy atom. The molecule has 0 bridgehead atoms. The number of nitrogens with one attached hydrogen (secondary N) is 2. The van der Waals surface area contributed by atoms with E-state index in [9.17, 15) is 22.4 Å². The Morgan fingerprint density at radius 2 is 1.50 bits per heavy atom. The lowest BCUT2D eigenvalue weighted by molar-refractivity contribution is -0.120. The first kappa shape index (κ1) is 21.7. The monoisotopic (exact) mass is 435 g/mol. The van der Waals surface area contributed by atoms with E-state index in [0.29, 0.717) is 24.2 Å². The van der Waals surface area contributed by atoms with E-state index in [-0.39, 0.29) is 35.6 Å². The molecule has 0 aromatic heterocycles. The summed E-state index contributed by atoms with van der Waals surface area (Å²) in [7, 11) is -2.48. The molecule has 0 atom stereocenters. The maximum Gasteiger partial charge on any atom is 0.411 e. The van der Waals surface area contributed by atoms with Crippen LogP contribution in [-0.4, -0.2) is 44.9 Å². The number of hydrogen-bond donors (Lipinski definition) is 2. The molecule has 2 aromatic carbocycles. The van der Waals surface area contributed by atoms with E-state index in [1.54, 1.807) is 0 Å². The molecule has 1 saturated heterocycles. The first-order valence-corrected chi connectivity index (χ1v) is 10.8. The highest BCUT2D eigenvalue weighted by Gasteiger charge is 2.32. The average molecular weight is 435 g/mol. The van der Waals surface area contributed by atoms with Crippen molar-refractivity contribution >= 4 is 33.4 Å². The number of hydrogen-bond acceptors (Lipinski definition) is 5. The summed E-state index contributed by atoms with van der Waals surface area (Å²) in [5.74, 6) is -0.925. The van der Waals surface area contributed by atoms with Crippen molar-refractivity contribution in [2.45, 2.75) is 17.7 Å². The van der Waals surface area contributed by atoms with E-state index in [1.165, 1.54) is 59.9 Å². The summed E-state index contributed by atoms with van der Waals surface area (Å²) in [6.07, 6.45) is 0.120. The van der Waals surface area contributed by atoms with Gasteiger partial charge >= 0.3 is 6.09 Å². The third-order valence-electron chi connectivity index (χ3n) is 4.86. The van der Waals surface area contributed by atoms with Crippen LogP contribution in [0.2, 0.25) is 0 Å². The van der Waals surface area contributed by atoms with Crippen molar-refractivity contribution in [3.8, 4) is 0 Å². The lowest BCUT2D eigenvalue weighted by Crippen LogP contribution is -2.41. The normalized spacial score (nSPS) is 15.4. The molecule has 1 heterocycles. The molecule has 1 aliphatic heterocycles. The molecule has 0 unspecified atom stereocenters. The number of rotatable bonds is 5. The molecule has 0 saturated carbocycles. The summed E-state index contributed by atoms with van der Waals surface area (Å²) >= 11 is 0. The van der Waals surface area contributed by atoms with Gasteiger partial charge in [-0.05, 0) is 61.4 Å². The fourth-order valence-corrected chi connectivity index (χ4v) is 4.63. The highest BCUT2D eigenvalue weighted by atomic mass is 32.2. The lowest BCUT2D eigenvalue weighted by Gasteiger charge is -2.30. The molecule has 10 heteroatoms. The first-order valence-electron chi connectivity index (χ1n) is 9.31. The fourth-order valence-electron chi connectivity index (χ4n) is 3.16. The highest BCUT2D eigenvalue weighted by Crippen LogP contribution is 2.25. The number of carbonyl (C=O) groups excluding carboxylic acids is 2. The summed E-state index contributed by atoms with van der Waals surface area (Å²) in [5, 5.41) is 5.19. The summed E-state index contributed by atoms with van der Waals surface area (Å²) in [6, 6.07) is 11.3. The summed E-state index contributed by atoms with van der Waals surface area (Å²) in [5.41, 5.74) is 0.911. The van der Waals surface area contributed by atoms with Gasteiger partial charge < -0.3 is 10.1 Å².